The zero-order valence-corrected chi connectivity index (χ0v) is 15.7. The molecule has 1 saturated heterocycles. The first-order valence-corrected chi connectivity index (χ1v) is 8.90. The molecule has 0 atom stereocenters. The number of carbonyl (C=O) groups is 1. The standard InChI is InChI=1S/C20H27N5O/c1-23(2)18-8-4-16(5-9-18)21-20(26)22-17-6-10-19(11-7-17)25-14-12-24(3)13-15-25/h4-11H,12-15H2,1-3H3,(H2,21,22,26). The van der Waals surface area contributed by atoms with Crippen molar-refractivity contribution in [3.63, 3.8) is 0 Å². The Labute approximate surface area is 155 Å². The van der Waals surface area contributed by atoms with Crippen LogP contribution in [0.1, 0.15) is 0 Å². The molecule has 2 amide bonds. The van der Waals surface area contributed by atoms with Crippen LogP contribution in [-0.4, -0.2) is 58.3 Å². The summed E-state index contributed by atoms with van der Waals surface area (Å²) in [4.78, 5) is 18.9. The molecular formula is C20H27N5O. The number of anilines is 4. The highest BCUT2D eigenvalue weighted by atomic mass is 16.2. The molecule has 2 aromatic rings. The molecule has 0 bridgehead atoms. The Morgan fingerprint density at radius 2 is 1.35 bits per heavy atom. The van der Waals surface area contributed by atoms with E-state index in [1.807, 2.05) is 55.4 Å². The van der Waals surface area contributed by atoms with Gasteiger partial charge in [0.1, 0.15) is 0 Å². The first kappa shape index (κ1) is 18.1. The van der Waals surface area contributed by atoms with E-state index in [1.165, 1.54) is 5.69 Å². The Bertz CT molecular complexity index is 719. The second-order valence-corrected chi connectivity index (χ2v) is 6.86. The summed E-state index contributed by atoms with van der Waals surface area (Å²) in [6.07, 6.45) is 0. The van der Waals surface area contributed by atoms with Crippen LogP contribution in [0.4, 0.5) is 27.5 Å². The van der Waals surface area contributed by atoms with Crippen molar-refractivity contribution in [2.45, 2.75) is 0 Å². The van der Waals surface area contributed by atoms with Crippen LogP contribution >= 0.6 is 0 Å². The third kappa shape index (κ3) is 4.67. The maximum atomic E-state index is 12.2. The van der Waals surface area contributed by atoms with E-state index in [2.05, 4.69) is 39.6 Å². The molecule has 0 radical (unpaired) electrons. The predicted molar refractivity (Wildman–Crippen MR) is 110 cm³/mol. The number of rotatable bonds is 4. The molecule has 6 nitrogen and oxygen atoms in total. The number of likely N-dealkylation sites (N-methyl/N-ethyl adjacent to an activating group) is 1. The summed E-state index contributed by atoms with van der Waals surface area (Å²) >= 11 is 0. The lowest BCUT2D eigenvalue weighted by Crippen LogP contribution is -2.44. The van der Waals surface area contributed by atoms with Gasteiger partial charge in [-0.2, -0.15) is 0 Å². The lowest BCUT2D eigenvalue weighted by atomic mass is 10.2. The lowest BCUT2D eigenvalue weighted by Gasteiger charge is -2.34. The normalized spacial score (nSPS) is 14.8. The number of carbonyl (C=O) groups excluding carboxylic acids is 1. The molecule has 0 aliphatic carbocycles. The molecule has 6 heteroatoms. The molecule has 0 aromatic heterocycles. The molecule has 138 valence electrons. The van der Waals surface area contributed by atoms with E-state index in [0.717, 1.165) is 43.2 Å². The minimum absolute atomic E-state index is 0.241. The molecule has 1 fully saturated rings. The highest BCUT2D eigenvalue weighted by Gasteiger charge is 2.14. The van der Waals surface area contributed by atoms with Crippen molar-refractivity contribution in [1.82, 2.24) is 4.90 Å². The van der Waals surface area contributed by atoms with E-state index in [4.69, 9.17) is 0 Å². The van der Waals surface area contributed by atoms with Gasteiger partial charge in [-0.1, -0.05) is 0 Å². The third-order valence-corrected chi connectivity index (χ3v) is 4.64. The van der Waals surface area contributed by atoms with Crippen LogP contribution in [0.25, 0.3) is 0 Å². The fourth-order valence-corrected chi connectivity index (χ4v) is 2.96. The van der Waals surface area contributed by atoms with Gasteiger partial charge in [-0.15, -0.1) is 0 Å². The summed E-state index contributed by atoms with van der Waals surface area (Å²) in [6.45, 7) is 4.23. The summed E-state index contributed by atoms with van der Waals surface area (Å²) in [5.74, 6) is 0. The number of hydrogen-bond acceptors (Lipinski definition) is 4. The van der Waals surface area contributed by atoms with E-state index < -0.39 is 0 Å². The van der Waals surface area contributed by atoms with Crippen LogP contribution in [-0.2, 0) is 0 Å². The van der Waals surface area contributed by atoms with Gasteiger partial charge >= 0.3 is 6.03 Å². The maximum absolute atomic E-state index is 12.2. The van der Waals surface area contributed by atoms with Crippen molar-refractivity contribution in [2.75, 3.05) is 67.8 Å². The topological polar surface area (TPSA) is 50.9 Å². The molecule has 0 unspecified atom stereocenters. The van der Waals surface area contributed by atoms with Crippen molar-refractivity contribution in [3.05, 3.63) is 48.5 Å². The molecule has 2 aromatic carbocycles. The Hall–Kier alpha value is -2.73. The number of piperazine rings is 1. The second-order valence-electron chi connectivity index (χ2n) is 6.86. The summed E-state index contributed by atoms with van der Waals surface area (Å²) in [5.41, 5.74) is 3.84. The van der Waals surface area contributed by atoms with Gasteiger partial charge in [-0.05, 0) is 55.6 Å². The van der Waals surface area contributed by atoms with Crippen LogP contribution in [0, 0.1) is 0 Å². The Morgan fingerprint density at radius 3 is 1.85 bits per heavy atom. The van der Waals surface area contributed by atoms with Crippen LogP contribution < -0.4 is 20.4 Å². The molecule has 26 heavy (non-hydrogen) atoms. The average molecular weight is 353 g/mol. The number of urea groups is 1. The first-order chi connectivity index (χ1) is 12.5. The van der Waals surface area contributed by atoms with E-state index in [9.17, 15) is 4.79 Å². The van der Waals surface area contributed by atoms with Crippen LogP contribution in [0.5, 0.6) is 0 Å². The molecule has 1 heterocycles. The van der Waals surface area contributed by atoms with E-state index in [1.54, 1.807) is 0 Å². The van der Waals surface area contributed by atoms with Gasteiger partial charge in [-0.25, -0.2) is 4.79 Å². The fraction of sp³-hybridized carbons (Fsp3) is 0.350. The molecule has 1 aliphatic heterocycles. The smallest absolute Gasteiger partial charge is 0.323 e. The van der Waals surface area contributed by atoms with E-state index in [0.29, 0.717) is 0 Å². The molecule has 0 saturated carbocycles. The van der Waals surface area contributed by atoms with Gasteiger partial charge in [0, 0.05) is 63.0 Å². The summed E-state index contributed by atoms with van der Waals surface area (Å²) in [6, 6.07) is 15.5. The number of amides is 2. The quantitative estimate of drug-likeness (QED) is 0.887. The summed E-state index contributed by atoms with van der Waals surface area (Å²) in [7, 11) is 6.12. The zero-order valence-electron chi connectivity index (χ0n) is 15.7. The van der Waals surface area contributed by atoms with Crippen LogP contribution in [0.2, 0.25) is 0 Å². The monoisotopic (exact) mass is 353 g/mol. The molecular weight excluding hydrogens is 326 g/mol. The van der Waals surface area contributed by atoms with Crippen molar-refractivity contribution >= 4 is 28.8 Å². The number of benzene rings is 2. The van der Waals surface area contributed by atoms with Crippen molar-refractivity contribution in [2.24, 2.45) is 0 Å². The summed E-state index contributed by atoms with van der Waals surface area (Å²) < 4.78 is 0. The van der Waals surface area contributed by atoms with Gasteiger partial charge in [0.2, 0.25) is 0 Å². The molecule has 1 aliphatic rings. The molecule has 3 rings (SSSR count). The fourth-order valence-electron chi connectivity index (χ4n) is 2.96. The minimum Gasteiger partial charge on any atom is -0.378 e. The van der Waals surface area contributed by atoms with Gasteiger partial charge in [0.25, 0.3) is 0 Å². The van der Waals surface area contributed by atoms with Crippen molar-refractivity contribution in [1.29, 1.82) is 0 Å². The first-order valence-electron chi connectivity index (χ1n) is 8.90. The Morgan fingerprint density at radius 1 is 0.846 bits per heavy atom. The van der Waals surface area contributed by atoms with E-state index in [-0.39, 0.29) is 6.03 Å². The maximum Gasteiger partial charge on any atom is 0.323 e. The number of nitrogens with zero attached hydrogens (tertiary/aromatic N) is 3. The number of nitrogens with one attached hydrogen (secondary N) is 2. The lowest BCUT2D eigenvalue weighted by molar-refractivity contribution is 0.262. The molecule has 0 spiro atoms. The van der Waals surface area contributed by atoms with Crippen LogP contribution in [0.15, 0.2) is 48.5 Å². The predicted octanol–water partition coefficient (Wildman–Crippen LogP) is 3.15. The van der Waals surface area contributed by atoms with Crippen molar-refractivity contribution in [3.8, 4) is 0 Å². The van der Waals surface area contributed by atoms with E-state index >= 15 is 0 Å². The van der Waals surface area contributed by atoms with Gasteiger partial charge < -0.3 is 25.3 Å². The minimum atomic E-state index is -0.241. The average Bonchev–Trinajstić information content (AvgIpc) is 2.63. The van der Waals surface area contributed by atoms with Gasteiger partial charge in [-0.3, -0.25) is 0 Å². The van der Waals surface area contributed by atoms with Crippen molar-refractivity contribution < 1.29 is 4.79 Å². The SMILES string of the molecule is CN1CCN(c2ccc(NC(=O)Nc3ccc(N(C)C)cc3)cc2)CC1. The Kier molecular flexibility index (Phi) is 5.63. The highest BCUT2D eigenvalue weighted by molar-refractivity contribution is 5.99. The molecule has 2 N–H and O–H groups in total. The Balaban J connectivity index is 1.54. The van der Waals surface area contributed by atoms with Gasteiger partial charge in [0.05, 0.1) is 0 Å². The third-order valence-electron chi connectivity index (χ3n) is 4.64. The largest absolute Gasteiger partial charge is 0.378 e. The zero-order chi connectivity index (χ0) is 18.5. The second kappa shape index (κ2) is 8.10. The van der Waals surface area contributed by atoms with Gasteiger partial charge in [0.15, 0.2) is 0 Å². The van der Waals surface area contributed by atoms with Crippen LogP contribution in [0.3, 0.4) is 0 Å². The summed E-state index contributed by atoms with van der Waals surface area (Å²) in [5, 5.41) is 5.73. The number of hydrogen-bond donors (Lipinski definition) is 2. The highest BCUT2D eigenvalue weighted by Crippen LogP contribution is 2.20.